The molecule has 0 amide bonds. The molecule has 0 saturated carbocycles. The molecule has 0 heterocycles. The van der Waals surface area contributed by atoms with Gasteiger partial charge in [-0.1, -0.05) is 42.0 Å². The van der Waals surface area contributed by atoms with Gasteiger partial charge in [-0.25, -0.2) is 0 Å². The topological polar surface area (TPSA) is 20.2 Å². The number of benzene rings is 1. The standard InChI is InChI=1S/C14H14O/c1-11-5-7-13(8-6-11)12-3-2-4-14(15)10-9-12/h2,4-10,15H,3H2,1H3. The van der Waals surface area contributed by atoms with Crippen LogP contribution in [0.2, 0.25) is 0 Å². The summed E-state index contributed by atoms with van der Waals surface area (Å²) in [6.45, 7) is 2.08. The monoisotopic (exact) mass is 198 g/mol. The van der Waals surface area contributed by atoms with Crippen molar-refractivity contribution >= 4 is 5.57 Å². The van der Waals surface area contributed by atoms with Gasteiger partial charge in [0, 0.05) is 0 Å². The van der Waals surface area contributed by atoms with Crippen LogP contribution in [0.4, 0.5) is 0 Å². The lowest BCUT2D eigenvalue weighted by Crippen LogP contribution is -1.82. The molecule has 1 aromatic rings. The second kappa shape index (κ2) is 4.18. The Kier molecular flexibility index (Phi) is 2.72. The summed E-state index contributed by atoms with van der Waals surface area (Å²) in [5.74, 6) is 0.317. The Morgan fingerprint density at radius 3 is 2.53 bits per heavy atom. The number of aliphatic hydroxyl groups excluding tert-OH is 1. The van der Waals surface area contributed by atoms with Crippen LogP contribution < -0.4 is 0 Å². The summed E-state index contributed by atoms with van der Waals surface area (Å²) in [5, 5.41) is 9.33. The lowest BCUT2D eigenvalue weighted by atomic mass is 10.0. The summed E-state index contributed by atoms with van der Waals surface area (Å²) in [6, 6.07) is 8.44. The molecule has 2 rings (SSSR count). The van der Waals surface area contributed by atoms with Crippen molar-refractivity contribution in [3.05, 3.63) is 65.5 Å². The third-order valence-electron chi connectivity index (χ3n) is 2.50. The number of rotatable bonds is 1. The van der Waals surface area contributed by atoms with Gasteiger partial charge in [0.05, 0.1) is 0 Å². The third-order valence-corrected chi connectivity index (χ3v) is 2.50. The largest absolute Gasteiger partial charge is 0.508 e. The van der Waals surface area contributed by atoms with Crippen molar-refractivity contribution in [3.8, 4) is 0 Å². The SMILES string of the molecule is Cc1ccc(C2=CC=C(O)C=CC2)cc1. The van der Waals surface area contributed by atoms with Gasteiger partial charge in [0.2, 0.25) is 0 Å². The normalized spacial score (nSPS) is 15.5. The highest BCUT2D eigenvalue weighted by molar-refractivity contribution is 5.69. The van der Waals surface area contributed by atoms with Crippen LogP contribution >= 0.6 is 0 Å². The van der Waals surface area contributed by atoms with Gasteiger partial charge in [-0.2, -0.15) is 0 Å². The molecule has 1 aliphatic rings. The first-order valence-corrected chi connectivity index (χ1v) is 5.09. The van der Waals surface area contributed by atoms with Crippen LogP contribution in [-0.4, -0.2) is 5.11 Å². The Morgan fingerprint density at radius 2 is 1.80 bits per heavy atom. The Morgan fingerprint density at radius 1 is 1.07 bits per heavy atom. The summed E-state index contributed by atoms with van der Waals surface area (Å²) in [6.07, 6.45) is 8.28. The molecular formula is C14H14O. The van der Waals surface area contributed by atoms with Crippen LogP contribution in [0.25, 0.3) is 5.57 Å². The smallest absolute Gasteiger partial charge is 0.115 e. The molecule has 1 nitrogen and oxygen atoms in total. The van der Waals surface area contributed by atoms with E-state index in [1.807, 2.05) is 12.2 Å². The minimum absolute atomic E-state index is 0.317. The summed E-state index contributed by atoms with van der Waals surface area (Å²) in [7, 11) is 0. The minimum Gasteiger partial charge on any atom is -0.508 e. The van der Waals surface area contributed by atoms with Gasteiger partial charge in [0.15, 0.2) is 0 Å². The molecule has 0 fully saturated rings. The molecule has 0 spiro atoms. The highest BCUT2D eigenvalue weighted by atomic mass is 16.3. The van der Waals surface area contributed by atoms with Gasteiger partial charge >= 0.3 is 0 Å². The molecule has 0 radical (unpaired) electrons. The minimum atomic E-state index is 0.317. The van der Waals surface area contributed by atoms with Crippen molar-refractivity contribution in [1.82, 2.24) is 0 Å². The predicted octanol–water partition coefficient (Wildman–Crippen LogP) is 3.78. The van der Waals surface area contributed by atoms with Crippen molar-refractivity contribution in [2.45, 2.75) is 13.3 Å². The molecule has 0 atom stereocenters. The summed E-state index contributed by atoms with van der Waals surface area (Å²) in [5.41, 5.74) is 3.72. The number of hydrogen-bond acceptors (Lipinski definition) is 1. The van der Waals surface area contributed by atoms with Crippen molar-refractivity contribution < 1.29 is 5.11 Å². The molecule has 1 N–H and O–H groups in total. The van der Waals surface area contributed by atoms with Gasteiger partial charge in [-0.15, -0.1) is 0 Å². The highest BCUT2D eigenvalue weighted by Gasteiger charge is 2.01. The fourth-order valence-corrected chi connectivity index (χ4v) is 1.60. The number of hydrogen-bond donors (Lipinski definition) is 1. The van der Waals surface area contributed by atoms with E-state index in [0.29, 0.717) is 5.76 Å². The molecule has 76 valence electrons. The van der Waals surface area contributed by atoms with E-state index in [9.17, 15) is 5.11 Å². The summed E-state index contributed by atoms with van der Waals surface area (Å²) >= 11 is 0. The van der Waals surface area contributed by atoms with E-state index in [-0.39, 0.29) is 0 Å². The van der Waals surface area contributed by atoms with Crippen LogP contribution in [0.1, 0.15) is 17.5 Å². The van der Waals surface area contributed by atoms with E-state index < -0.39 is 0 Å². The molecule has 1 heteroatoms. The Labute approximate surface area is 90.1 Å². The first-order chi connectivity index (χ1) is 7.25. The van der Waals surface area contributed by atoms with Crippen molar-refractivity contribution in [2.75, 3.05) is 0 Å². The second-order valence-electron chi connectivity index (χ2n) is 3.76. The van der Waals surface area contributed by atoms with E-state index in [1.54, 1.807) is 12.2 Å². The molecule has 0 bridgehead atoms. The van der Waals surface area contributed by atoms with Crippen LogP contribution in [0.5, 0.6) is 0 Å². The van der Waals surface area contributed by atoms with Crippen LogP contribution in [0, 0.1) is 6.92 Å². The maximum Gasteiger partial charge on any atom is 0.115 e. The number of allylic oxidation sites excluding steroid dienone is 5. The van der Waals surface area contributed by atoms with E-state index in [4.69, 9.17) is 0 Å². The fraction of sp³-hybridized carbons (Fsp3) is 0.143. The van der Waals surface area contributed by atoms with Crippen LogP contribution in [-0.2, 0) is 0 Å². The van der Waals surface area contributed by atoms with E-state index in [0.717, 1.165) is 6.42 Å². The molecule has 1 aliphatic carbocycles. The van der Waals surface area contributed by atoms with E-state index in [1.165, 1.54) is 16.7 Å². The van der Waals surface area contributed by atoms with Gasteiger partial charge in [0.1, 0.15) is 5.76 Å². The maximum absolute atomic E-state index is 9.33. The zero-order valence-electron chi connectivity index (χ0n) is 8.77. The molecule has 15 heavy (non-hydrogen) atoms. The first kappa shape index (κ1) is 9.78. The maximum atomic E-state index is 9.33. The van der Waals surface area contributed by atoms with Gasteiger partial charge < -0.3 is 5.11 Å². The van der Waals surface area contributed by atoms with Gasteiger partial charge in [0.25, 0.3) is 0 Å². The van der Waals surface area contributed by atoms with Crippen molar-refractivity contribution in [2.24, 2.45) is 0 Å². The average Bonchev–Trinajstić information content (AvgIpc) is 2.44. The van der Waals surface area contributed by atoms with Crippen LogP contribution in [0.15, 0.2) is 54.3 Å². The molecular weight excluding hydrogens is 184 g/mol. The second-order valence-corrected chi connectivity index (χ2v) is 3.76. The molecule has 0 saturated heterocycles. The Hall–Kier alpha value is -1.76. The number of aryl methyl sites for hydroxylation is 1. The molecule has 1 aromatic carbocycles. The van der Waals surface area contributed by atoms with Crippen molar-refractivity contribution in [1.29, 1.82) is 0 Å². The van der Waals surface area contributed by atoms with Crippen LogP contribution in [0.3, 0.4) is 0 Å². The average molecular weight is 198 g/mol. The quantitative estimate of drug-likeness (QED) is 0.728. The summed E-state index contributed by atoms with van der Waals surface area (Å²) < 4.78 is 0. The lowest BCUT2D eigenvalue weighted by Gasteiger charge is -2.03. The molecule has 0 aliphatic heterocycles. The Bertz CT molecular complexity index is 433. The zero-order valence-corrected chi connectivity index (χ0v) is 8.77. The fourth-order valence-electron chi connectivity index (χ4n) is 1.60. The van der Waals surface area contributed by atoms with E-state index in [2.05, 4.69) is 31.2 Å². The first-order valence-electron chi connectivity index (χ1n) is 5.09. The third kappa shape index (κ3) is 2.38. The summed E-state index contributed by atoms with van der Waals surface area (Å²) in [4.78, 5) is 0. The zero-order chi connectivity index (χ0) is 10.7. The Balaban J connectivity index is 2.32. The van der Waals surface area contributed by atoms with Gasteiger partial charge in [-0.3, -0.25) is 0 Å². The molecule has 0 unspecified atom stereocenters. The van der Waals surface area contributed by atoms with E-state index >= 15 is 0 Å². The van der Waals surface area contributed by atoms with Crippen molar-refractivity contribution in [3.63, 3.8) is 0 Å². The molecule has 0 aromatic heterocycles. The number of aliphatic hydroxyl groups is 1. The lowest BCUT2D eigenvalue weighted by molar-refractivity contribution is 0.432. The predicted molar refractivity (Wildman–Crippen MR) is 63.6 cm³/mol. The van der Waals surface area contributed by atoms with Gasteiger partial charge in [-0.05, 0) is 36.6 Å². The highest BCUT2D eigenvalue weighted by Crippen LogP contribution is 2.21.